The van der Waals surface area contributed by atoms with Gasteiger partial charge in [-0.05, 0) is 30.3 Å². The van der Waals surface area contributed by atoms with Crippen LogP contribution in [0, 0.1) is 0 Å². The van der Waals surface area contributed by atoms with E-state index >= 15 is 0 Å². The summed E-state index contributed by atoms with van der Waals surface area (Å²) in [6.45, 7) is 0. The smallest absolute Gasteiger partial charge is 0.100 e. The van der Waals surface area contributed by atoms with E-state index in [2.05, 4.69) is 4.98 Å². The number of nitrogens with zero attached hydrogens (tertiary/aromatic N) is 2. The third-order valence-electron chi connectivity index (χ3n) is 2.68. The number of para-hydroxylation sites is 2. The maximum absolute atomic E-state index is 6.18. The number of fused-ring (bicyclic) bond motifs is 1. The SMILES string of the molecule is Nc1ccc(Cl)c(-n2cnc3ccccc32)c1. The molecule has 0 radical (unpaired) electrons. The zero-order valence-electron chi connectivity index (χ0n) is 8.97. The molecule has 2 N–H and O–H groups in total. The van der Waals surface area contributed by atoms with Crippen molar-refractivity contribution < 1.29 is 0 Å². The largest absolute Gasteiger partial charge is 0.399 e. The molecule has 1 aromatic heterocycles. The Kier molecular flexibility index (Phi) is 2.27. The van der Waals surface area contributed by atoms with Crippen molar-refractivity contribution >= 4 is 28.3 Å². The van der Waals surface area contributed by atoms with Gasteiger partial charge in [0.2, 0.25) is 0 Å². The Balaban J connectivity index is 2.31. The van der Waals surface area contributed by atoms with Crippen molar-refractivity contribution in [1.29, 1.82) is 0 Å². The van der Waals surface area contributed by atoms with E-state index in [0.717, 1.165) is 16.7 Å². The van der Waals surface area contributed by atoms with Crippen LogP contribution in [0.3, 0.4) is 0 Å². The Hall–Kier alpha value is -2.00. The fourth-order valence-corrected chi connectivity index (χ4v) is 2.07. The first-order chi connectivity index (χ1) is 8.25. The van der Waals surface area contributed by atoms with E-state index in [-0.39, 0.29) is 0 Å². The van der Waals surface area contributed by atoms with Gasteiger partial charge in [-0.3, -0.25) is 4.57 Å². The van der Waals surface area contributed by atoms with Gasteiger partial charge in [0, 0.05) is 5.69 Å². The van der Waals surface area contributed by atoms with Crippen LogP contribution in [0.1, 0.15) is 0 Å². The van der Waals surface area contributed by atoms with Crippen LogP contribution < -0.4 is 5.73 Å². The number of hydrogen-bond donors (Lipinski definition) is 1. The first-order valence-electron chi connectivity index (χ1n) is 5.23. The van der Waals surface area contributed by atoms with Gasteiger partial charge in [-0.1, -0.05) is 23.7 Å². The van der Waals surface area contributed by atoms with E-state index in [0.29, 0.717) is 10.7 Å². The van der Waals surface area contributed by atoms with Gasteiger partial charge in [-0.25, -0.2) is 4.98 Å². The van der Waals surface area contributed by atoms with Crippen LogP contribution in [0.2, 0.25) is 5.02 Å². The quantitative estimate of drug-likeness (QED) is 0.667. The Morgan fingerprint density at radius 2 is 1.94 bits per heavy atom. The van der Waals surface area contributed by atoms with Crippen LogP contribution >= 0.6 is 11.6 Å². The third-order valence-corrected chi connectivity index (χ3v) is 3.00. The summed E-state index contributed by atoms with van der Waals surface area (Å²) in [4.78, 5) is 4.33. The lowest BCUT2D eigenvalue weighted by Crippen LogP contribution is -1.95. The van der Waals surface area contributed by atoms with E-state index in [9.17, 15) is 0 Å². The molecule has 1 heterocycles. The standard InChI is InChI=1S/C13H10ClN3/c14-10-6-5-9(15)7-13(10)17-8-16-11-3-1-2-4-12(11)17/h1-8H,15H2. The molecule has 0 atom stereocenters. The number of benzene rings is 2. The first-order valence-corrected chi connectivity index (χ1v) is 5.61. The van der Waals surface area contributed by atoms with Gasteiger partial charge in [0.1, 0.15) is 6.33 Å². The van der Waals surface area contributed by atoms with Crippen LogP contribution in [0.5, 0.6) is 0 Å². The van der Waals surface area contributed by atoms with Crippen LogP contribution in [0.4, 0.5) is 5.69 Å². The molecule has 0 fully saturated rings. The van der Waals surface area contributed by atoms with Crippen LogP contribution in [-0.2, 0) is 0 Å². The zero-order chi connectivity index (χ0) is 11.8. The van der Waals surface area contributed by atoms with E-state index < -0.39 is 0 Å². The summed E-state index contributed by atoms with van der Waals surface area (Å²) in [7, 11) is 0. The van der Waals surface area contributed by atoms with Gasteiger partial charge in [0.05, 0.1) is 21.7 Å². The molecule has 0 bridgehead atoms. The Labute approximate surface area is 103 Å². The molecule has 0 aliphatic heterocycles. The summed E-state index contributed by atoms with van der Waals surface area (Å²) < 4.78 is 1.94. The predicted octanol–water partition coefficient (Wildman–Crippen LogP) is 3.26. The lowest BCUT2D eigenvalue weighted by atomic mass is 10.2. The molecule has 0 saturated heterocycles. The molecule has 4 heteroatoms. The molecule has 0 amide bonds. The molecule has 84 valence electrons. The van der Waals surface area contributed by atoms with Gasteiger partial charge >= 0.3 is 0 Å². The summed E-state index contributed by atoms with van der Waals surface area (Å²) in [6, 6.07) is 13.3. The molecule has 3 rings (SSSR count). The summed E-state index contributed by atoms with van der Waals surface area (Å²) in [6.07, 6.45) is 1.76. The van der Waals surface area contributed by atoms with Gasteiger partial charge in [-0.2, -0.15) is 0 Å². The Morgan fingerprint density at radius 3 is 2.82 bits per heavy atom. The van der Waals surface area contributed by atoms with Crippen molar-refractivity contribution in [3.63, 3.8) is 0 Å². The summed E-state index contributed by atoms with van der Waals surface area (Å²) in [5.41, 5.74) is 9.27. The molecule has 3 aromatic rings. The number of nitrogen functional groups attached to an aromatic ring is 1. The fourth-order valence-electron chi connectivity index (χ4n) is 1.87. The normalized spacial score (nSPS) is 10.9. The van der Waals surface area contributed by atoms with E-state index in [1.807, 2.05) is 34.9 Å². The molecule has 0 saturated carbocycles. The number of anilines is 1. The van der Waals surface area contributed by atoms with Crippen LogP contribution in [-0.4, -0.2) is 9.55 Å². The van der Waals surface area contributed by atoms with Crippen molar-refractivity contribution in [3.8, 4) is 5.69 Å². The predicted molar refractivity (Wildman–Crippen MR) is 70.5 cm³/mol. The lowest BCUT2D eigenvalue weighted by Gasteiger charge is -2.07. The van der Waals surface area contributed by atoms with Gasteiger partial charge in [0.15, 0.2) is 0 Å². The molecular formula is C13H10ClN3. The van der Waals surface area contributed by atoms with E-state index in [1.54, 1.807) is 18.5 Å². The average molecular weight is 244 g/mol. The number of rotatable bonds is 1. The molecule has 0 spiro atoms. The van der Waals surface area contributed by atoms with Crippen LogP contribution in [0.25, 0.3) is 16.7 Å². The highest BCUT2D eigenvalue weighted by Gasteiger charge is 2.07. The second-order valence-electron chi connectivity index (χ2n) is 3.81. The maximum atomic E-state index is 6.18. The molecule has 0 aliphatic carbocycles. The zero-order valence-corrected chi connectivity index (χ0v) is 9.72. The summed E-state index contributed by atoms with van der Waals surface area (Å²) in [5, 5.41) is 0.655. The minimum Gasteiger partial charge on any atom is -0.399 e. The third kappa shape index (κ3) is 1.65. The van der Waals surface area contributed by atoms with Crippen molar-refractivity contribution in [3.05, 3.63) is 53.8 Å². The number of halogens is 1. The van der Waals surface area contributed by atoms with E-state index in [1.165, 1.54) is 0 Å². The number of hydrogen-bond acceptors (Lipinski definition) is 2. The molecule has 2 aromatic carbocycles. The highest BCUT2D eigenvalue weighted by molar-refractivity contribution is 6.32. The highest BCUT2D eigenvalue weighted by atomic mass is 35.5. The van der Waals surface area contributed by atoms with Crippen molar-refractivity contribution in [2.45, 2.75) is 0 Å². The Morgan fingerprint density at radius 1 is 1.12 bits per heavy atom. The minimum absolute atomic E-state index is 0.655. The topological polar surface area (TPSA) is 43.8 Å². The lowest BCUT2D eigenvalue weighted by molar-refractivity contribution is 1.09. The van der Waals surface area contributed by atoms with Gasteiger partial charge in [-0.15, -0.1) is 0 Å². The fraction of sp³-hybridized carbons (Fsp3) is 0. The molecular weight excluding hydrogens is 234 g/mol. The monoisotopic (exact) mass is 243 g/mol. The van der Waals surface area contributed by atoms with Crippen LogP contribution in [0.15, 0.2) is 48.8 Å². The molecule has 3 nitrogen and oxygen atoms in total. The second kappa shape index (κ2) is 3.79. The van der Waals surface area contributed by atoms with Crippen molar-refractivity contribution in [1.82, 2.24) is 9.55 Å². The summed E-state index contributed by atoms with van der Waals surface area (Å²) >= 11 is 6.18. The van der Waals surface area contributed by atoms with Gasteiger partial charge < -0.3 is 5.73 Å². The second-order valence-corrected chi connectivity index (χ2v) is 4.22. The Bertz CT molecular complexity index is 688. The maximum Gasteiger partial charge on any atom is 0.100 e. The summed E-state index contributed by atoms with van der Waals surface area (Å²) in [5.74, 6) is 0. The van der Waals surface area contributed by atoms with Gasteiger partial charge in [0.25, 0.3) is 0 Å². The number of aromatic nitrogens is 2. The van der Waals surface area contributed by atoms with Crippen molar-refractivity contribution in [2.75, 3.05) is 5.73 Å². The molecule has 0 unspecified atom stereocenters. The molecule has 17 heavy (non-hydrogen) atoms. The number of imidazole rings is 1. The molecule has 0 aliphatic rings. The van der Waals surface area contributed by atoms with E-state index in [4.69, 9.17) is 17.3 Å². The van der Waals surface area contributed by atoms with Crippen molar-refractivity contribution in [2.24, 2.45) is 0 Å². The number of nitrogens with two attached hydrogens (primary N) is 1. The first kappa shape index (κ1) is 10.2. The average Bonchev–Trinajstić information content (AvgIpc) is 2.76. The minimum atomic E-state index is 0.655. The highest BCUT2D eigenvalue weighted by Crippen LogP contribution is 2.26.